The van der Waals surface area contributed by atoms with Crippen molar-refractivity contribution in [2.24, 2.45) is 5.10 Å². The Kier molecular flexibility index (Phi) is 3.78. The maximum Gasteiger partial charge on any atom is 0.276 e. The molecule has 0 saturated heterocycles. The zero-order chi connectivity index (χ0) is 13.0. The molecule has 2 aromatic rings. The molecule has 0 radical (unpaired) electrons. The van der Waals surface area contributed by atoms with Crippen LogP contribution in [0.5, 0.6) is 0 Å². The zero-order valence-corrected chi connectivity index (χ0v) is 11.3. The van der Waals surface area contributed by atoms with Gasteiger partial charge in [0.1, 0.15) is 0 Å². The fourth-order valence-corrected chi connectivity index (χ4v) is 2.69. The van der Waals surface area contributed by atoms with Crippen LogP contribution in [0.25, 0.3) is 0 Å². The van der Waals surface area contributed by atoms with Crippen LogP contribution in [-0.4, -0.2) is 14.6 Å². The number of thiophene rings is 1. The number of nitrogens with one attached hydrogen (secondary N) is 1. The molecule has 1 aromatic carbocycles. The predicted octanol–water partition coefficient (Wildman–Crippen LogP) is 2.37. The molecule has 0 amide bonds. The quantitative estimate of drug-likeness (QED) is 0.690. The number of hydrogen-bond donors (Lipinski definition) is 1. The maximum atomic E-state index is 11.8. The van der Waals surface area contributed by atoms with E-state index >= 15 is 0 Å². The van der Waals surface area contributed by atoms with Gasteiger partial charge >= 0.3 is 0 Å². The summed E-state index contributed by atoms with van der Waals surface area (Å²) in [6.07, 6.45) is 1.47. The van der Waals surface area contributed by atoms with Crippen molar-refractivity contribution in [3.05, 3.63) is 52.2 Å². The first kappa shape index (κ1) is 12.8. The molecule has 1 N–H and O–H groups in total. The van der Waals surface area contributed by atoms with Gasteiger partial charge in [0.05, 0.1) is 11.1 Å². The summed E-state index contributed by atoms with van der Waals surface area (Å²) >= 11 is 1.53. The predicted molar refractivity (Wildman–Crippen MR) is 73.4 cm³/mol. The van der Waals surface area contributed by atoms with Gasteiger partial charge in [-0.3, -0.25) is 0 Å². The van der Waals surface area contributed by atoms with Crippen molar-refractivity contribution in [3.63, 3.8) is 0 Å². The van der Waals surface area contributed by atoms with E-state index in [2.05, 4.69) is 9.93 Å². The van der Waals surface area contributed by atoms with Gasteiger partial charge in [-0.2, -0.15) is 24.9 Å². The van der Waals surface area contributed by atoms with E-state index in [1.165, 1.54) is 17.6 Å². The lowest BCUT2D eigenvalue weighted by Gasteiger charge is -2.03. The summed E-state index contributed by atoms with van der Waals surface area (Å²) in [5.41, 5.74) is 1.88. The number of benzene rings is 1. The van der Waals surface area contributed by atoms with Gasteiger partial charge in [-0.25, -0.2) is 4.83 Å². The molecule has 4 nitrogen and oxygen atoms in total. The monoisotopic (exact) mass is 280 g/mol. The summed E-state index contributed by atoms with van der Waals surface area (Å²) in [6, 6.07) is 8.46. The highest BCUT2D eigenvalue weighted by molar-refractivity contribution is 7.89. The van der Waals surface area contributed by atoms with Crippen LogP contribution in [0, 0.1) is 6.92 Å². The molecule has 94 valence electrons. The summed E-state index contributed by atoms with van der Waals surface area (Å²) in [6.45, 7) is 1.90. The van der Waals surface area contributed by atoms with Crippen LogP contribution < -0.4 is 4.83 Å². The number of hydrogen-bond acceptors (Lipinski definition) is 4. The molecule has 18 heavy (non-hydrogen) atoms. The van der Waals surface area contributed by atoms with E-state index in [9.17, 15) is 8.42 Å². The maximum absolute atomic E-state index is 11.8. The van der Waals surface area contributed by atoms with Gasteiger partial charge in [-0.15, -0.1) is 0 Å². The summed E-state index contributed by atoms with van der Waals surface area (Å²) in [4.78, 5) is 2.38. The Bertz CT molecular complexity index is 629. The second-order valence-corrected chi connectivity index (χ2v) is 6.16. The fourth-order valence-electron chi connectivity index (χ4n) is 1.29. The highest BCUT2D eigenvalue weighted by Gasteiger charge is 2.11. The average Bonchev–Trinajstić information content (AvgIpc) is 2.82. The standard InChI is InChI=1S/C12H12N2O2S2/c1-10-2-4-12(5-3-10)18(15,16)14-13-8-11-6-7-17-9-11/h2-9,14H,1H3. The first-order valence-corrected chi connectivity index (χ1v) is 7.64. The Labute approximate surface area is 110 Å². The fraction of sp³-hybridized carbons (Fsp3) is 0.0833. The molecular weight excluding hydrogens is 268 g/mol. The summed E-state index contributed by atoms with van der Waals surface area (Å²) in [5.74, 6) is 0. The van der Waals surface area contributed by atoms with Crippen LogP contribution in [0.2, 0.25) is 0 Å². The summed E-state index contributed by atoms with van der Waals surface area (Å²) in [5, 5.41) is 7.51. The topological polar surface area (TPSA) is 58.5 Å². The molecule has 0 saturated carbocycles. The van der Waals surface area contributed by atoms with Crippen LogP contribution in [0.15, 0.2) is 51.1 Å². The third-order valence-electron chi connectivity index (χ3n) is 2.26. The molecular formula is C12H12N2O2S2. The Morgan fingerprint density at radius 3 is 2.56 bits per heavy atom. The lowest BCUT2D eigenvalue weighted by atomic mass is 10.2. The molecule has 0 unspecified atom stereocenters. The van der Waals surface area contributed by atoms with Crippen molar-refractivity contribution < 1.29 is 8.42 Å². The number of nitrogens with zero attached hydrogens (tertiary/aromatic N) is 1. The minimum Gasteiger partial charge on any atom is -0.200 e. The van der Waals surface area contributed by atoms with Crippen molar-refractivity contribution in [2.45, 2.75) is 11.8 Å². The molecule has 0 bridgehead atoms. The van der Waals surface area contributed by atoms with Crippen LogP contribution in [-0.2, 0) is 10.0 Å². The van der Waals surface area contributed by atoms with E-state index in [1.54, 1.807) is 24.3 Å². The Hall–Kier alpha value is -1.66. The lowest BCUT2D eigenvalue weighted by Crippen LogP contribution is -2.18. The third-order valence-corrected chi connectivity index (χ3v) is 4.20. The zero-order valence-electron chi connectivity index (χ0n) is 9.70. The molecule has 0 aliphatic carbocycles. The second-order valence-electron chi connectivity index (χ2n) is 3.72. The number of hydrazone groups is 1. The van der Waals surface area contributed by atoms with Gasteiger partial charge in [0.2, 0.25) is 0 Å². The lowest BCUT2D eigenvalue weighted by molar-refractivity contribution is 0.584. The van der Waals surface area contributed by atoms with Crippen LogP contribution >= 0.6 is 11.3 Å². The van der Waals surface area contributed by atoms with Crippen LogP contribution in [0.3, 0.4) is 0 Å². The van der Waals surface area contributed by atoms with E-state index in [4.69, 9.17) is 0 Å². The molecule has 1 heterocycles. The Morgan fingerprint density at radius 1 is 1.22 bits per heavy atom. The second kappa shape index (κ2) is 5.32. The van der Waals surface area contributed by atoms with Crippen LogP contribution in [0.1, 0.15) is 11.1 Å². The molecule has 0 atom stereocenters. The Morgan fingerprint density at radius 2 is 1.94 bits per heavy atom. The molecule has 1 aromatic heterocycles. The van der Waals surface area contributed by atoms with Crippen molar-refractivity contribution in [1.82, 2.24) is 4.83 Å². The van der Waals surface area contributed by atoms with Gasteiger partial charge in [0, 0.05) is 5.56 Å². The smallest absolute Gasteiger partial charge is 0.200 e. The summed E-state index contributed by atoms with van der Waals surface area (Å²) < 4.78 is 23.7. The molecule has 0 aliphatic rings. The van der Waals surface area contributed by atoms with Gasteiger partial charge in [0.25, 0.3) is 10.0 Å². The normalized spacial score (nSPS) is 11.8. The first-order chi connectivity index (χ1) is 8.58. The highest BCUT2D eigenvalue weighted by atomic mass is 32.2. The molecule has 2 rings (SSSR count). The highest BCUT2D eigenvalue weighted by Crippen LogP contribution is 2.09. The average molecular weight is 280 g/mol. The third kappa shape index (κ3) is 3.18. The van der Waals surface area contributed by atoms with E-state index in [1.807, 2.05) is 23.8 Å². The van der Waals surface area contributed by atoms with Crippen molar-refractivity contribution in [3.8, 4) is 0 Å². The molecule has 0 spiro atoms. The molecule has 0 aliphatic heterocycles. The van der Waals surface area contributed by atoms with E-state index < -0.39 is 10.0 Å². The van der Waals surface area contributed by atoms with Gasteiger partial charge in [-0.1, -0.05) is 17.7 Å². The molecule has 0 fully saturated rings. The number of rotatable bonds is 4. The largest absolute Gasteiger partial charge is 0.276 e. The van der Waals surface area contributed by atoms with Crippen molar-refractivity contribution in [2.75, 3.05) is 0 Å². The minimum atomic E-state index is -3.57. The summed E-state index contributed by atoms with van der Waals surface area (Å²) in [7, 11) is -3.57. The Balaban J connectivity index is 2.10. The van der Waals surface area contributed by atoms with Gasteiger partial charge in [0.15, 0.2) is 0 Å². The minimum absolute atomic E-state index is 0.204. The molecule has 6 heteroatoms. The number of sulfonamides is 1. The van der Waals surface area contributed by atoms with Crippen molar-refractivity contribution >= 4 is 27.6 Å². The number of aryl methyl sites for hydroxylation is 1. The SMILES string of the molecule is Cc1ccc(S(=O)(=O)NN=Cc2ccsc2)cc1. The van der Waals surface area contributed by atoms with Gasteiger partial charge in [-0.05, 0) is 35.9 Å². The van der Waals surface area contributed by atoms with E-state index in [0.717, 1.165) is 11.1 Å². The first-order valence-electron chi connectivity index (χ1n) is 5.22. The van der Waals surface area contributed by atoms with E-state index in [-0.39, 0.29) is 4.90 Å². The van der Waals surface area contributed by atoms with Crippen molar-refractivity contribution in [1.29, 1.82) is 0 Å². The van der Waals surface area contributed by atoms with Crippen LogP contribution in [0.4, 0.5) is 0 Å². The van der Waals surface area contributed by atoms with Gasteiger partial charge < -0.3 is 0 Å². The van der Waals surface area contributed by atoms with E-state index in [0.29, 0.717) is 0 Å².